The third-order valence-electron chi connectivity index (χ3n) is 6.43. The van der Waals surface area contributed by atoms with Gasteiger partial charge in [0, 0.05) is 24.4 Å². The lowest BCUT2D eigenvalue weighted by atomic mass is 9.79. The van der Waals surface area contributed by atoms with Gasteiger partial charge in [-0.05, 0) is 29.2 Å². The molecule has 2 aliphatic rings. The molecule has 9 atom stereocenters. The van der Waals surface area contributed by atoms with Gasteiger partial charge in [-0.3, -0.25) is 4.79 Å². The fourth-order valence-electron chi connectivity index (χ4n) is 3.84. The van der Waals surface area contributed by atoms with Crippen LogP contribution < -0.4 is 0 Å². The number of nitrogens with zero attached hydrogens (tertiary/aromatic N) is 3. The molecule has 8 heteroatoms. The van der Waals surface area contributed by atoms with Gasteiger partial charge in [0.05, 0.1) is 24.9 Å². The van der Waals surface area contributed by atoms with Crippen LogP contribution in [0.1, 0.15) is 41.5 Å². The molecule has 0 spiro atoms. The van der Waals surface area contributed by atoms with Crippen molar-refractivity contribution in [2.24, 2.45) is 34.7 Å². The Morgan fingerprint density at radius 1 is 1.07 bits per heavy atom. The van der Waals surface area contributed by atoms with Crippen LogP contribution >= 0.6 is 0 Å². The van der Waals surface area contributed by atoms with E-state index in [0.717, 1.165) is 0 Å². The molecule has 2 rings (SSSR count). The second-order valence-electron chi connectivity index (χ2n) is 8.16. The zero-order valence-corrected chi connectivity index (χ0v) is 17.2. The third kappa shape index (κ3) is 5.35. The van der Waals surface area contributed by atoms with E-state index in [9.17, 15) is 4.79 Å². The molecule has 0 bridgehead atoms. The number of ether oxygens (including phenoxy) is 4. The van der Waals surface area contributed by atoms with Crippen molar-refractivity contribution in [3.63, 3.8) is 0 Å². The van der Waals surface area contributed by atoms with E-state index in [2.05, 4.69) is 44.6 Å². The molecule has 2 saturated heterocycles. The molecule has 2 fully saturated rings. The topological polar surface area (TPSA) is 103 Å². The van der Waals surface area contributed by atoms with Gasteiger partial charge < -0.3 is 18.9 Å². The molecule has 4 unspecified atom stereocenters. The van der Waals surface area contributed by atoms with Crippen molar-refractivity contribution in [3.8, 4) is 0 Å². The highest BCUT2D eigenvalue weighted by molar-refractivity contribution is 5.65. The van der Waals surface area contributed by atoms with Crippen molar-refractivity contribution in [1.82, 2.24) is 0 Å². The van der Waals surface area contributed by atoms with E-state index in [1.165, 1.54) is 6.92 Å². The van der Waals surface area contributed by atoms with Crippen molar-refractivity contribution in [2.45, 2.75) is 66.1 Å². The Balaban J connectivity index is 1.99. The van der Waals surface area contributed by atoms with Crippen LogP contribution in [0.3, 0.4) is 0 Å². The number of hydrogen-bond donors (Lipinski definition) is 0. The summed E-state index contributed by atoms with van der Waals surface area (Å²) in [5.41, 5.74) is 8.90. The predicted molar refractivity (Wildman–Crippen MR) is 99.7 cm³/mol. The summed E-state index contributed by atoms with van der Waals surface area (Å²) >= 11 is 0. The van der Waals surface area contributed by atoms with Gasteiger partial charge in [-0.25, -0.2) is 0 Å². The van der Waals surface area contributed by atoms with E-state index in [1.807, 2.05) is 0 Å². The number of esters is 1. The quantitative estimate of drug-likeness (QED) is 0.302. The fraction of sp³-hybridized carbons (Fsp3) is 0.947. The molecule has 0 saturated carbocycles. The van der Waals surface area contributed by atoms with E-state index in [-0.39, 0.29) is 48.6 Å². The Kier molecular flexibility index (Phi) is 7.91. The highest BCUT2D eigenvalue weighted by atomic mass is 16.7. The van der Waals surface area contributed by atoms with Crippen LogP contribution in [0.2, 0.25) is 0 Å². The molecule has 0 aliphatic carbocycles. The number of hydrogen-bond acceptors (Lipinski definition) is 6. The van der Waals surface area contributed by atoms with Gasteiger partial charge in [0.25, 0.3) is 0 Å². The van der Waals surface area contributed by atoms with Crippen molar-refractivity contribution < 1.29 is 23.7 Å². The Bertz CT molecular complexity index is 553. The van der Waals surface area contributed by atoms with Crippen LogP contribution in [0.5, 0.6) is 0 Å². The normalized spacial score (nSPS) is 42.2. The van der Waals surface area contributed by atoms with Gasteiger partial charge in [0.1, 0.15) is 6.61 Å². The number of azide groups is 1. The van der Waals surface area contributed by atoms with Crippen molar-refractivity contribution in [3.05, 3.63) is 10.4 Å². The minimum atomic E-state index is -0.415. The fourth-order valence-corrected chi connectivity index (χ4v) is 3.84. The molecule has 0 amide bonds. The molecule has 8 nitrogen and oxygen atoms in total. The zero-order chi connectivity index (χ0) is 20.1. The lowest BCUT2D eigenvalue weighted by Gasteiger charge is -2.44. The maximum atomic E-state index is 11.1. The number of carbonyl (C=O) groups excluding carboxylic acids is 1. The summed E-state index contributed by atoms with van der Waals surface area (Å²) in [6.45, 7) is 13.1. The number of rotatable bonds is 6. The second-order valence-corrected chi connectivity index (χ2v) is 8.16. The van der Waals surface area contributed by atoms with Crippen LogP contribution in [-0.4, -0.2) is 50.3 Å². The lowest BCUT2D eigenvalue weighted by Crippen LogP contribution is -2.50. The van der Waals surface area contributed by atoms with E-state index < -0.39 is 6.29 Å². The van der Waals surface area contributed by atoms with Crippen molar-refractivity contribution in [2.75, 3.05) is 19.8 Å². The van der Waals surface area contributed by atoms with Crippen LogP contribution in [0.25, 0.3) is 10.4 Å². The molecule has 0 radical (unpaired) electrons. The lowest BCUT2D eigenvalue weighted by molar-refractivity contribution is -0.265. The summed E-state index contributed by atoms with van der Waals surface area (Å²) in [6.07, 6.45) is -0.907. The summed E-state index contributed by atoms with van der Waals surface area (Å²) in [7, 11) is 0. The molecular formula is C19H33N3O5. The van der Waals surface area contributed by atoms with Gasteiger partial charge in [0.15, 0.2) is 6.29 Å². The first kappa shape index (κ1) is 22.0. The van der Waals surface area contributed by atoms with Gasteiger partial charge in [-0.2, -0.15) is 0 Å². The smallest absolute Gasteiger partial charge is 0.302 e. The maximum Gasteiger partial charge on any atom is 0.302 e. The first-order valence-electron chi connectivity index (χ1n) is 9.82. The average molecular weight is 383 g/mol. The highest BCUT2D eigenvalue weighted by Gasteiger charge is 2.41. The Hall–Kier alpha value is -1.34. The molecule has 0 N–H and O–H groups in total. The Morgan fingerprint density at radius 2 is 1.78 bits per heavy atom. The monoisotopic (exact) mass is 383 g/mol. The van der Waals surface area contributed by atoms with E-state index >= 15 is 0 Å². The highest BCUT2D eigenvalue weighted by Crippen LogP contribution is 2.36. The third-order valence-corrected chi connectivity index (χ3v) is 6.43. The molecule has 0 aromatic carbocycles. The summed E-state index contributed by atoms with van der Waals surface area (Å²) in [6, 6.07) is -0.258. The van der Waals surface area contributed by atoms with Crippen LogP contribution in [0, 0.1) is 29.6 Å². The van der Waals surface area contributed by atoms with Crippen LogP contribution in [-0.2, 0) is 23.7 Å². The summed E-state index contributed by atoms with van der Waals surface area (Å²) < 4.78 is 23.2. The second kappa shape index (κ2) is 9.73. The first-order chi connectivity index (χ1) is 12.8. The van der Waals surface area contributed by atoms with Gasteiger partial charge >= 0.3 is 5.97 Å². The van der Waals surface area contributed by atoms with Crippen molar-refractivity contribution >= 4 is 5.97 Å². The molecule has 27 heavy (non-hydrogen) atoms. The molecule has 0 aromatic heterocycles. The summed E-state index contributed by atoms with van der Waals surface area (Å²) in [5, 5.41) is 3.95. The maximum absolute atomic E-state index is 11.1. The zero-order valence-electron chi connectivity index (χ0n) is 17.2. The van der Waals surface area contributed by atoms with Gasteiger partial charge in [-0.1, -0.05) is 39.7 Å². The minimum absolute atomic E-state index is 0.187. The minimum Gasteiger partial charge on any atom is -0.463 e. The van der Waals surface area contributed by atoms with E-state index in [4.69, 9.17) is 24.5 Å². The molecular weight excluding hydrogens is 350 g/mol. The molecule has 0 aromatic rings. The van der Waals surface area contributed by atoms with E-state index in [1.54, 1.807) is 0 Å². The SMILES string of the molecule is CC(=O)OCC1O[C@@H](OCC2OCC(C)[C@@H](C)[C@H]2N=[N+]=[N-])C(C)[C@@H](C)[C@@H]1C. The van der Waals surface area contributed by atoms with E-state index in [0.29, 0.717) is 25.0 Å². The molecule has 154 valence electrons. The standard InChI is InChI=1S/C19H33N3O5/c1-10-7-25-17(18(11(10)2)21-22-20)9-26-19-14(5)12(3)13(4)16(27-19)8-24-15(6)23/h10-14,16-19H,7-9H2,1-6H3/t10?,11-,12+,13+,14?,16?,17?,18-,19-/m1/s1. The Morgan fingerprint density at radius 3 is 2.41 bits per heavy atom. The van der Waals surface area contributed by atoms with Gasteiger partial charge in [0.2, 0.25) is 0 Å². The average Bonchev–Trinajstić information content (AvgIpc) is 2.63. The van der Waals surface area contributed by atoms with Crippen LogP contribution in [0.15, 0.2) is 5.11 Å². The number of carbonyl (C=O) groups is 1. The molecule has 2 aliphatic heterocycles. The first-order valence-corrected chi connectivity index (χ1v) is 9.82. The van der Waals surface area contributed by atoms with Gasteiger partial charge in [-0.15, -0.1) is 0 Å². The summed E-state index contributed by atoms with van der Waals surface area (Å²) in [5.74, 6) is 1.03. The molecule has 2 heterocycles. The van der Waals surface area contributed by atoms with Crippen molar-refractivity contribution in [1.29, 1.82) is 0 Å². The summed E-state index contributed by atoms with van der Waals surface area (Å²) in [4.78, 5) is 14.1. The Labute approximate surface area is 161 Å². The van der Waals surface area contributed by atoms with Crippen LogP contribution in [0.4, 0.5) is 0 Å². The predicted octanol–water partition coefficient (Wildman–Crippen LogP) is 3.55. The largest absolute Gasteiger partial charge is 0.463 e.